The molecule has 0 aliphatic carbocycles. The van der Waals surface area contributed by atoms with Crippen molar-refractivity contribution in [3.8, 4) is 0 Å². The molecular formula is C16H19N5O3S. The first-order valence-electron chi connectivity index (χ1n) is 7.71. The average molecular weight is 361 g/mol. The van der Waals surface area contributed by atoms with Crippen LogP contribution in [0.25, 0.3) is 0 Å². The number of carbonyl (C=O) groups is 1. The maximum absolute atomic E-state index is 12.7. The number of fused-ring (bicyclic) bond motifs is 1. The van der Waals surface area contributed by atoms with Gasteiger partial charge in [-0.05, 0) is 41.3 Å². The normalized spacial score (nSPS) is 16.4. The van der Waals surface area contributed by atoms with Gasteiger partial charge in [0.2, 0.25) is 5.95 Å². The summed E-state index contributed by atoms with van der Waals surface area (Å²) in [5.41, 5.74) is 2.06. The minimum absolute atomic E-state index is 0.187. The Kier molecular flexibility index (Phi) is 5.34. The lowest BCUT2D eigenvalue weighted by molar-refractivity contribution is -0.140. The van der Waals surface area contributed by atoms with Crippen molar-refractivity contribution in [1.82, 2.24) is 20.2 Å². The smallest absolute Gasteiger partial charge is 0.338 e. The summed E-state index contributed by atoms with van der Waals surface area (Å²) in [7, 11) is 1.56. The number of hydrogen-bond acceptors (Lipinski definition) is 8. The van der Waals surface area contributed by atoms with Gasteiger partial charge in [0.15, 0.2) is 0 Å². The highest BCUT2D eigenvalue weighted by Crippen LogP contribution is 2.35. The zero-order valence-electron chi connectivity index (χ0n) is 14.2. The van der Waals surface area contributed by atoms with Crippen LogP contribution >= 0.6 is 11.8 Å². The van der Waals surface area contributed by atoms with Crippen LogP contribution in [0.5, 0.6) is 0 Å². The number of ether oxygens (including phenoxy) is 2. The fraction of sp³-hybridized carbons (Fsp3) is 0.375. The number of tetrazole rings is 1. The number of anilines is 1. The highest BCUT2D eigenvalue weighted by molar-refractivity contribution is 7.98. The second-order valence-corrected chi connectivity index (χ2v) is 6.29. The van der Waals surface area contributed by atoms with Gasteiger partial charge in [-0.2, -0.15) is 4.68 Å². The Hall–Kier alpha value is -2.39. The number of esters is 1. The van der Waals surface area contributed by atoms with E-state index in [0.29, 0.717) is 23.8 Å². The van der Waals surface area contributed by atoms with Crippen LogP contribution in [0.2, 0.25) is 0 Å². The van der Waals surface area contributed by atoms with Gasteiger partial charge in [0.05, 0.1) is 12.2 Å². The molecule has 25 heavy (non-hydrogen) atoms. The number of benzene rings is 1. The summed E-state index contributed by atoms with van der Waals surface area (Å²) in [4.78, 5) is 13.8. The highest BCUT2D eigenvalue weighted by atomic mass is 32.2. The maximum atomic E-state index is 12.7. The van der Waals surface area contributed by atoms with Gasteiger partial charge in [0.1, 0.15) is 12.6 Å². The Morgan fingerprint density at radius 2 is 2.08 bits per heavy atom. The van der Waals surface area contributed by atoms with Gasteiger partial charge in [-0.1, -0.05) is 17.2 Å². The molecule has 0 fully saturated rings. The summed E-state index contributed by atoms with van der Waals surface area (Å²) < 4.78 is 11.9. The molecule has 1 aromatic carbocycles. The minimum Gasteiger partial charge on any atom is -0.460 e. The molecule has 3 rings (SSSR count). The van der Waals surface area contributed by atoms with E-state index in [9.17, 15) is 4.79 Å². The molecule has 0 bridgehead atoms. The van der Waals surface area contributed by atoms with Gasteiger partial charge in [0.25, 0.3) is 0 Å². The van der Waals surface area contributed by atoms with E-state index in [-0.39, 0.29) is 6.61 Å². The van der Waals surface area contributed by atoms with E-state index in [4.69, 9.17) is 9.47 Å². The molecule has 132 valence electrons. The monoisotopic (exact) mass is 361 g/mol. The van der Waals surface area contributed by atoms with Crippen LogP contribution in [0.1, 0.15) is 18.5 Å². The van der Waals surface area contributed by atoms with Gasteiger partial charge >= 0.3 is 5.97 Å². The lowest BCUT2D eigenvalue weighted by atomic mass is 9.96. The number of thioether (sulfide) groups is 1. The minimum atomic E-state index is -0.447. The number of hydrogen-bond donors (Lipinski definition) is 1. The van der Waals surface area contributed by atoms with Crippen LogP contribution < -0.4 is 5.32 Å². The van der Waals surface area contributed by atoms with Crippen molar-refractivity contribution in [1.29, 1.82) is 0 Å². The lowest BCUT2D eigenvalue weighted by Crippen LogP contribution is -2.30. The first-order valence-corrected chi connectivity index (χ1v) is 8.94. The largest absolute Gasteiger partial charge is 0.460 e. The van der Waals surface area contributed by atoms with E-state index in [1.165, 1.54) is 0 Å². The number of aromatic nitrogens is 4. The molecule has 9 heteroatoms. The first-order chi connectivity index (χ1) is 12.2. The SMILES string of the molecule is COCCOC(=O)C1=C(C)Nc2nnnn2[C@@H]1c1ccc(SC)cc1. The molecule has 0 amide bonds. The van der Waals surface area contributed by atoms with Crippen molar-refractivity contribution in [2.45, 2.75) is 17.9 Å². The molecule has 2 heterocycles. The molecular weight excluding hydrogens is 342 g/mol. The molecule has 1 atom stereocenters. The zero-order chi connectivity index (χ0) is 17.8. The van der Waals surface area contributed by atoms with Crippen LogP contribution in [-0.2, 0) is 14.3 Å². The van der Waals surface area contributed by atoms with E-state index in [2.05, 4.69) is 20.8 Å². The van der Waals surface area contributed by atoms with E-state index in [1.807, 2.05) is 37.4 Å². The van der Waals surface area contributed by atoms with E-state index in [1.54, 1.807) is 23.6 Å². The Morgan fingerprint density at radius 3 is 2.76 bits per heavy atom. The van der Waals surface area contributed by atoms with Gasteiger partial charge in [-0.15, -0.1) is 11.8 Å². The molecule has 1 N–H and O–H groups in total. The molecule has 0 unspecified atom stereocenters. The third-order valence-corrected chi connectivity index (χ3v) is 4.63. The van der Waals surface area contributed by atoms with Gasteiger partial charge in [-0.25, -0.2) is 4.79 Å². The zero-order valence-corrected chi connectivity index (χ0v) is 15.0. The molecule has 8 nitrogen and oxygen atoms in total. The quantitative estimate of drug-likeness (QED) is 0.474. The topological polar surface area (TPSA) is 91.2 Å². The van der Waals surface area contributed by atoms with E-state index >= 15 is 0 Å². The number of allylic oxidation sites excluding steroid dienone is 1. The van der Waals surface area contributed by atoms with Crippen LogP contribution in [0.15, 0.2) is 40.4 Å². The number of nitrogens with zero attached hydrogens (tertiary/aromatic N) is 4. The molecule has 2 aromatic rings. The second kappa shape index (κ2) is 7.66. The Morgan fingerprint density at radius 1 is 1.32 bits per heavy atom. The fourth-order valence-corrected chi connectivity index (χ4v) is 3.07. The van der Waals surface area contributed by atoms with Crippen LogP contribution in [0.4, 0.5) is 5.95 Å². The third-order valence-electron chi connectivity index (χ3n) is 3.89. The van der Waals surface area contributed by atoms with Crippen molar-refractivity contribution >= 4 is 23.7 Å². The Labute approximate surface area is 149 Å². The Balaban J connectivity index is 1.99. The predicted molar refractivity (Wildman–Crippen MR) is 93.3 cm³/mol. The Bertz CT molecular complexity index is 787. The molecule has 0 spiro atoms. The molecule has 0 radical (unpaired) electrons. The van der Waals surface area contributed by atoms with Gasteiger partial charge < -0.3 is 14.8 Å². The van der Waals surface area contributed by atoms with Gasteiger partial charge in [0, 0.05) is 17.7 Å². The lowest BCUT2D eigenvalue weighted by Gasteiger charge is -2.27. The summed E-state index contributed by atoms with van der Waals surface area (Å²) in [6.07, 6.45) is 2.02. The van der Waals surface area contributed by atoms with E-state index < -0.39 is 12.0 Å². The number of carbonyl (C=O) groups excluding carboxylic acids is 1. The van der Waals surface area contributed by atoms with Crippen molar-refractivity contribution in [3.05, 3.63) is 41.1 Å². The van der Waals surface area contributed by atoms with Crippen molar-refractivity contribution in [3.63, 3.8) is 0 Å². The second-order valence-electron chi connectivity index (χ2n) is 5.42. The number of rotatable bonds is 6. The predicted octanol–water partition coefficient (Wildman–Crippen LogP) is 1.87. The maximum Gasteiger partial charge on any atom is 0.338 e. The van der Waals surface area contributed by atoms with E-state index in [0.717, 1.165) is 10.5 Å². The van der Waals surface area contributed by atoms with Crippen LogP contribution in [0.3, 0.4) is 0 Å². The molecule has 1 aliphatic heterocycles. The average Bonchev–Trinajstić information content (AvgIpc) is 3.08. The summed E-state index contributed by atoms with van der Waals surface area (Å²) in [6.45, 7) is 2.34. The van der Waals surface area contributed by atoms with Gasteiger partial charge in [-0.3, -0.25) is 0 Å². The summed E-state index contributed by atoms with van der Waals surface area (Å²) in [5, 5.41) is 14.8. The fourth-order valence-electron chi connectivity index (χ4n) is 2.67. The molecule has 0 saturated heterocycles. The summed E-state index contributed by atoms with van der Waals surface area (Å²) >= 11 is 1.66. The van der Waals surface area contributed by atoms with Crippen molar-refractivity contribution in [2.75, 3.05) is 31.9 Å². The van der Waals surface area contributed by atoms with Crippen molar-refractivity contribution in [2.24, 2.45) is 0 Å². The third kappa shape index (κ3) is 3.52. The highest BCUT2D eigenvalue weighted by Gasteiger charge is 2.34. The number of methoxy groups -OCH3 is 1. The summed E-state index contributed by atoms with van der Waals surface area (Å²) in [6, 6.07) is 7.52. The summed E-state index contributed by atoms with van der Waals surface area (Å²) in [5.74, 6) is 0.0760. The molecule has 1 aliphatic rings. The number of nitrogens with one attached hydrogen (secondary N) is 1. The van der Waals surface area contributed by atoms with Crippen molar-refractivity contribution < 1.29 is 14.3 Å². The standard InChI is InChI=1S/C16H19N5O3S/c1-10-13(15(22)24-9-8-23-2)14(21-16(17-10)18-19-20-21)11-4-6-12(25-3)7-5-11/h4-7,14H,8-9H2,1-3H3,(H,17,18,20)/t14-/m1/s1. The molecule has 1 aromatic heterocycles. The first kappa shape index (κ1) is 17.4. The van der Waals surface area contributed by atoms with Crippen LogP contribution in [0, 0.1) is 0 Å². The molecule has 0 saturated carbocycles. The van der Waals surface area contributed by atoms with Crippen LogP contribution in [-0.4, -0.2) is 52.8 Å².